The Balaban J connectivity index is 0.00000161. The number of carbonyl (C=O) groups is 1. The summed E-state index contributed by atoms with van der Waals surface area (Å²) in [4.78, 5) is 17.5. The number of hydrogen-bond acceptors (Lipinski definition) is 3. The molecule has 0 spiro atoms. The van der Waals surface area contributed by atoms with E-state index < -0.39 is 0 Å². The molecule has 3 rings (SSSR count). The van der Waals surface area contributed by atoms with Crippen LogP contribution in [0.1, 0.15) is 27.3 Å². The van der Waals surface area contributed by atoms with E-state index in [2.05, 4.69) is 17.1 Å². The van der Waals surface area contributed by atoms with Gasteiger partial charge in [-0.3, -0.25) is 4.79 Å². The van der Waals surface area contributed by atoms with Gasteiger partial charge in [0.25, 0.3) is 0 Å². The SMILES string of the molecule is Cc1cn(CCC(=O)c2sc3ccccc3c2C)cn1.Cl. The Hall–Kier alpha value is -1.65. The van der Waals surface area contributed by atoms with Gasteiger partial charge in [0.15, 0.2) is 5.78 Å². The molecule has 0 amide bonds. The number of imidazole rings is 1. The molecule has 3 nitrogen and oxygen atoms in total. The van der Waals surface area contributed by atoms with Crippen molar-refractivity contribution >= 4 is 39.6 Å². The van der Waals surface area contributed by atoms with Crippen molar-refractivity contribution < 1.29 is 4.79 Å². The summed E-state index contributed by atoms with van der Waals surface area (Å²) in [5.41, 5.74) is 2.09. The summed E-state index contributed by atoms with van der Waals surface area (Å²) in [6, 6.07) is 8.19. The molecule has 2 heterocycles. The van der Waals surface area contributed by atoms with E-state index in [9.17, 15) is 4.79 Å². The Morgan fingerprint density at radius 2 is 2.05 bits per heavy atom. The maximum Gasteiger partial charge on any atom is 0.174 e. The highest BCUT2D eigenvalue weighted by molar-refractivity contribution is 7.21. The molecular weight excluding hydrogens is 304 g/mol. The third-order valence-corrected chi connectivity index (χ3v) is 4.77. The highest BCUT2D eigenvalue weighted by Crippen LogP contribution is 2.31. The number of nitrogens with zero attached hydrogens (tertiary/aromatic N) is 2. The Kier molecular flexibility index (Phi) is 4.80. The van der Waals surface area contributed by atoms with Gasteiger partial charge in [-0.2, -0.15) is 0 Å². The van der Waals surface area contributed by atoms with Crippen molar-refractivity contribution in [1.29, 1.82) is 0 Å². The van der Waals surface area contributed by atoms with Crippen LogP contribution >= 0.6 is 23.7 Å². The normalized spacial score (nSPS) is 10.6. The largest absolute Gasteiger partial charge is 0.337 e. The molecule has 0 N–H and O–H groups in total. The fourth-order valence-corrected chi connectivity index (χ4v) is 3.56. The first-order valence-corrected chi connectivity index (χ1v) is 7.46. The lowest BCUT2D eigenvalue weighted by atomic mass is 10.1. The molecule has 0 radical (unpaired) electrons. The average molecular weight is 321 g/mol. The molecule has 3 aromatic rings. The molecule has 0 aliphatic carbocycles. The number of hydrogen-bond donors (Lipinski definition) is 0. The van der Waals surface area contributed by atoms with Gasteiger partial charge >= 0.3 is 0 Å². The smallest absolute Gasteiger partial charge is 0.174 e. The van der Waals surface area contributed by atoms with Gasteiger partial charge in [0.05, 0.1) is 16.9 Å². The summed E-state index contributed by atoms with van der Waals surface area (Å²) in [5.74, 6) is 0.218. The minimum atomic E-state index is 0. The van der Waals surface area contributed by atoms with E-state index in [1.807, 2.05) is 36.7 Å². The second kappa shape index (κ2) is 6.41. The number of ketones is 1. The molecule has 1 aromatic carbocycles. The molecule has 0 aliphatic rings. The molecular formula is C16H17ClN2OS. The number of halogens is 1. The lowest BCUT2D eigenvalue weighted by Crippen LogP contribution is -2.04. The van der Waals surface area contributed by atoms with Crippen LogP contribution in [0.15, 0.2) is 36.8 Å². The molecule has 0 saturated carbocycles. The molecule has 0 saturated heterocycles. The van der Waals surface area contributed by atoms with Crippen LogP contribution in [-0.2, 0) is 6.54 Å². The molecule has 0 atom stereocenters. The molecule has 0 unspecified atom stereocenters. The van der Waals surface area contributed by atoms with E-state index >= 15 is 0 Å². The minimum Gasteiger partial charge on any atom is -0.337 e. The van der Waals surface area contributed by atoms with Crippen molar-refractivity contribution in [2.24, 2.45) is 0 Å². The average Bonchev–Trinajstić information content (AvgIpc) is 3.01. The third kappa shape index (κ3) is 3.17. The fourth-order valence-electron chi connectivity index (χ4n) is 2.38. The van der Waals surface area contributed by atoms with E-state index in [1.54, 1.807) is 17.7 Å². The van der Waals surface area contributed by atoms with Crippen LogP contribution in [0, 0.1) is 13.8 Å². The fraction of sp³-hybridized carbons (Fsp3) is 0.250. The second-order valence-electron chi connectivity index (χ2n) is 4.98. The van der Waals surface area contributed by atoms with Gasteiger partial charge < -0.3 is 4.57 Å². The van der Waals surface area contributed by atoms with Crippen LogP contribution < -0.4 is 0 Å². The maximum atomic E-state index is 12.4. The first-order valence-electron chi connectivity index (χ1n) is 6.65. The van der Waals surface area contributed by atoms with E-state index in [0.717, 1.165) is 16.1 Å². The van der Waals surface area contributed by atoms with Gasteiger partial charge in [0, 0.05) is 23.9 Å². The topological polar surface area (TPSA) is 34.9 Å². The Bertz CT molecular complexity index is 776. The lowest BCUT2D eigenvalue weighted by Gasteiger charge is -2.01. The van der Waals surface area contributed by atoms with Crippen molar-refractivity contribution in [3.8, 4) is 0 Å². The van der Waals surface area contributed by atoms with Crippen LogP contribution in [0.25, 0.3) is 10.1 Å². The molecule has 5 heteroatoms. The Morgan fingerprint density at radius 3 is 2.71 bits per heavy atom. The van der Waals surface area contributed by atoms with Crippen LogP contribution in [0.5, 0.6) is 0 Å². The number of benzene rings is 1. The number of thiophene rings is 1. The summed E-state index contributed by atoms with van der Waals surface area (Å²) in [6.45, 7) is 4.68. The predicted molar refractivity (Wildman–Crippen MR) is 89.7 cm³/mol. The highest BCUT2D eigenvalue weighted by Gasteiger charge is 2.14. The van der Waals surface area contributed by atoms with Crippen LogP contribution in [0.3, 0.4) is 0 Å². The first kappa shape index (κ1) is 15.7. The van der Waals surface area contributed by atoms with Crippen LogP contribution in [0.2, 0.25) is 0 Å². The molecule has 21 heavy (non-hydrogen) atoms. The van der Waals surface area contributed by atoms with Crippen molar-refractivity contribution in [1.82, 2.24) is 9.55 Å². The lowest BCUT2D eigenvalue weighted by molar-refractivity contribution is 0.0980. The van der Waals surface area contributed by atoms with Gasteiger partial charge in [-0.05, 0) is 30.9 Å². The van der Waals surface area contributed by atoms with E-state index in [-0.39, 0.29) is 18.2 Å². The van der Waals surface area contributed by atoms with Crippen LogP contribution in [0.4, 0.5) is 0 Å². The van der Waals surface area contributed by atoms with Crippen molar-refractivity contribution in [3.63, 3.8) is 0 Å². The number of aryl methyl sites for hydroxylation is 3. The van der Waals surface area contributed by atoms with Crippen molar-refractivity contribution in [2.75, 3.05) is 0 Å². The second-order valence-corrected chi connectivity index (χ2v) is 6.03. The number of carbonyl (C=O) groups excluding carboxylic acids is 1. The zero-order valence-corrected chi connectivity index (χ0v) is 13.6. The minimum absolute atomic E-state index is 0. The standard InChI is InChI=1S/C16H16N2OS.ClH/c1-11-9-18(10-17-11)8-7-14(19)16-12(2)13-5-3-4-6-15(13)20-16;/h3-6,9-10H,7-8H2,1-2H3;1H. The zero-order valence-electron chi connectivity index (χ0n) is 12.0. The van der Waals surface area contributed by atoms with E-state index in [4.69, 9.17) is 0 Å². The van der Waals surface area contributed by atoms with Gasteiger partial charge in [0.2, 0.25) is 0 Å². The van der Waals surface area contributed by atoms with Crippen molar-refractivity contribution in [2.45, 2.75) is 26.8 Å². The van der Waals surface area contributed by atoms with Gasteiger partial charge in [-0.25, -0.2) is 4.98 Å². The Morgan fingerprint density at radius 1 is 1.29 bits per heavy atom. The molecule has 0 bridgehead atoms. The molecule has 0 fully saturated rings. The maximum absolute atomic E-state index is 12.4. The number of fused-ring (bicyclic) bond motifs is 1. The van der Waals surface area contributed by atoms with Gasteiger partial charge in [0.1, 0.15) is 0 Å². The highest BCUT2D eigenvalue weighted by atomic mass is 35.5. The molecule has 2 aromatic heterocycles. The van der Waals surface area contributed by atoms with Gasteiger partial charge in [-0.1, -0.05) is 18.2 Å². The zero-order chi connectivity index (χ0) is 14.1. The van der Waals surface area contributed by atoms with Crippen LogP contribution in [-0.4, -0.2) is 15.3 Å². The number of aromatic nitrogens is 2. The predicted octanol–water partition coefficient (Wildman–Crippen LogP) is 4.41. The summed E-state index contributed by atoms with van der Waals surface area (Å²) < 4.78 is 3.16. The summed E-state index contributed by atoms with van der Waals surface area (Å²) >= 11 is 1.60. The molecule has 110 valence electrons. The molecule has 0 aliphatic heterocycles. The third-order valence-electron chi connectivity index (χ3n) is 3.46. The summed E-state index contributed by atoms with van der Waals surface area (Å²) in [7, 11) is 0. The number of rotatable bonds is 4. The summed E-state index contributed by atoms with van der Waals surface area (Å²) in [6.07, 6.45) is 4.26. The Labute approximate surface area is 134 Å². The monoisotopic (exact) mass is 320 g/mol. The quantitative estimate of drug-likeness (QED) is 0.667. The summed E-state index contributed by atoms with van der Waals surface area (Å²) in [5, 5.41) is 1.19. The van der Waals surface area contributed by atoms with Crippen molar-refractivity contribution in [3.05, 3.63) is 52.9 Å². The van der Waals surface area contributed by atoms with Gasteiger partial charge in [-0.15, -0.1) is 23.7 Å². The van der Waals surface area contributed by atoms with E-state index in [1.165, 1.54) is 10.1 Å². The number of Topliss-reactive ketones (excluding diaryl/α,β-unsaturated/α-hetero) is 1. The van der Waals surface area contributed by atoms with E-state index in [0.29, 0.717) is 13.0 Å². The first-order chi connectivity index (χ1) is 9.65.